The van der Waals surface area contributed by atoms with Gasteiger partial charge in [-0.3, -0.25) is 0 Å². The van der Waals surface area contributed by atoms with Gasteiger partial charge in [0.15, 0.2) is 0 Å². The summed E-state index contributed by atoms with van der Waals surface area (Å²) < 4.78 is 13.8. The van der Waals surface area contributed by atoms with Crippen LogP contribution in [0.3, 0.4) is 0 Å². The number of hydrogen-bond acceptors (Lipinski definition) is 1. The normalized spacial score (nSPS) is 17.2. The highest BCUT2D eigenvalue weighted by Crippen LogP contribution is 2.40. The van der Waals surface area contributed by atoms with Gasteiger partial charge in [0.05, 0.1) is 11.7 Å². The van der Waals surface area contributed by atoms with Crippen LogP contribution in [0.5, 0.6) is 0 Å². The zero-order valence-electron chi connectivity index (χ0n) is 9.68. The smallest absolute Gasteiger partial charge is 0.148 e. The quantitative estimate of drug-likeness (QED) is 0.733. The van der Waals surface area contributed by atoms with Crippen molar-refractivity contribution in [1.29, 1.82) is 0 Å². The van der Waals surface area contributed by atoms with E-state index in [0.29, 0.717) is 27.2 Å². The van der Waals surface area contributed by atoms with Gasteiger partial charge in [0, 0.05) is 15.1 Å². The molecule has 0 bridgehead atoms. The standard InChI is InChI=1S/C14H9Cl3FN/c15-8-1-2-10(11(17)5-8)13-4-7-3-9(16)6-12(18)14(7)19-13/h1-3,5-6,13,19H,4H2. The second-order valence-corrected chi connectivity index (χ2v) is 5.77. The van der Waals surface area contributed by atoms with Gasteiger partial charge in [-0.05, 0) is 41.8 Å². The highest BCUT2D eigenvalue weighted by Gasteiger charge is 2.26. The van der Waals surface area contributed by atoms with Crippen molar-refractivity contribution in [3.05, 3.63) is 62.3 Å². The minimum absolute atomic E-state index is 0.0623. The van der Waals surface area contributed by atoms with Crippen LogP contribution in [0.1, 0.15) is 17.2 Å². The Kier molecular flexibility index (Phi) is 3.34. The third-order valence-corrected chi connectivity index (χ3v) is 4.00. The second-order valence-electron chi connectivity index (χ2n) is 4.49. The predicted octanol–water partition coefficient (Wildman–Crippen LogP) is 5.50. The van der Waals surface area contributed by atoms with Gasteiger partial charge < -0.3 is 5.32 Å². The second kappa shape index (κ2) is 4.86. The van der Waals surface area contributed by atoms with Crippen LogP contribution in [-0.2, 0) is 6.42 Å². The van der Waals surface area contributed by atoms with Crippen molar-refractivity contribution < 1.29 is 4.39 Å². The Balaban J connectivity index is 1.97. The maximum Gasteiger partial charge on any atom is 0.148 e. The average molecular weight is 317 g/mol. The molecule has 1 atom stereocenters. The molecule has 0 aromatic heterocycles. The number of anilines is 1. The molecule has 1 N–H and O–H groups in total. The molecule has 19 heavy (non-hydrogen) atoms. The number of halogens is 4. The Labute approximate surface area is 125 Å². The molecular formula is C14H9Cl3FN. The van der Waals surface area contributed by atoms with Crippen molar-refractivity contribution >= 4 is 40.5 Å². The molecule has 1 aliphatic heterocycles. The molecule has 0 saturated heterocycles. The Hall–Kier alpha value is -0.960. The van der Waals surface area contributed by atoms with E-state index in [1.807, 2.05) is 6.07 Å². The summed E-state index contributed by atoms with van der Waals surface area (Å²) in [7, 11) is 0. The van der Waals surface area contributed by atoms with Crippen molar-refractivity contribution in [2.45, 2.75) is 12.5 Å². The summed E-state index contributed by atoms with van der Waals surface area (Å²) in [6.45, 7) is 0. The average Bonchev–Trinajstić information content (AvgIpc) is 2.72. The van der Waals surface area contributed by atoms with E-state index in [-0.39, 0.29) is 11.9 Å². The maximum atomic E-state index is 13.8. The molecule has 0 spiro atoms. The van der Waals surface area contributed by atoms with Crippen molar-refractivity contribution in [1.82, 2.24) is 0 Å². The summed E-state index contributed by atoms with van der Waals surface area (Å²) in [4.78, 5) is 0. The predicted molar refractivity (Wildman–Crippen MR) is 77.9 cm³/mol. The van der Waals surface area contributed by atoms with Gasteiger partial charge in [-0.25, -0.2) is 4.39 Å². The van der Waals surface area contributed by atoms with Crippen molar-refractivity contribution in [3.8, 4) is 0 Å². The zero-order valence-corrected chi connectivity index (χ0v) is 12.0. The Morgan fingerprint density at radius 3 is 2.58 bits per heavy atom. The molecular weight excluding hydrogens is 308 g/mol. The van der Waals surface area contributed by atoms with Gasteiger partial charge >= 0.3 is 0 Å². The first-order chi connectivity index (χ1) is 9.04. The van der Waals surface area contributed by atoms with E-state index < -0.39 is 0 Å². The fourth-order valence-corrected chi connectivity index (χ4v) is 3.13. The van der Waals surface area contributed by atoms with E-state index in [1.165, 1.54) is 6.07 Å². The van der Waals surface area contributed by atoms with E-state index in [9.17, 15) is 4.39 Å². The molecule has 2 aromatic rings. The lowest BCUT2D eigenvalue weighted by Crippen LogP contribution is -2.06. The number of rotatable bonds is 1. The fourth-order valence-electron chi connectivity index (χ4n) is 2.37. The van der Waals surface area contributed by atoms with Crippen LogP contribution in [0.4, 0.5) is 10.1 Å². The van der Waals surface area contributed by atoms with Crippen LogP contribution in [0.2, 0.25) is 15.1 Å². The van der Waals surface area contributed by atoms with Gasteiger partial charge in [0.25, 0.3) is 0 Å². The van der Waals surface area contributed by atoms with Gasteiger partial charge in [-0.1, -0.05) is 40.9 Å². The van der Waals surface area contributed by atoms with E-state index >= 15 is 0 Å². The molecule has 1 aliphatic rings. The molecule has 98 valence electrons. The van der Waals surface area contributed by atoms with Crippen LogP contribution in [-0.4, -0.2) is 0 Å². The monoisotopic (exact) mass is 315 g/mol. The van der Waals surface area contributed by atoms with E-state index in [0.717, 1.165) is 11.1 Å². The van der Waals surface area contributed by atoms with Gasteiger partial charge in [0.1, 0.15) is 5.82 Å². The summed E-state index contributed by atoms with van der Waals surface area (Å²) >= 11 is 17.9. The summed E-state index contributed by atoms with van der Waals surface area (Å²) in [6, 6.07) is 8.33. The number of benzene rings is 2. The molecule has 0 aliphatic carbocycles. The number of hydrogen-bond donors (Lipinski definition) is 1. The molecule has 2 aromatic carbocycles. The molecule has 5 heteroatoms. The molecule has 0 radical (unpaired) electrons. The van der Waals surface area contributed by atoms with Crippen LogP contribution in [0.15, 0.2) is 30.3 Å². The first kappa shape index (κ1) is 13.0. The fraction of sp³-hybridized carbons (Fsp3) is 0.143. The lowest BCUT2D eigenvalue weighted by Gasteiger charge is -2.13. The first-order valence-corrected chi connectivity index (χ1v) is 6.87. The largest absolute Gasteiger partial charge is 0.375 e. The molecule has 3 rings (SSSR count). The number of nitrogens with one attached hydrogen (secondary N) is 1. The Morgan fingerprint density at radius 2 is 1.84 bits per heavy atom. The summed E-state index contributed by atoms with van der Waals surface area (Å²) in [5, 5.41) is 4.70. The zero-order chi connectivity index (χ0) is 13.6. The molecule has 0 saturated carbocycles. The van der Waals surface area contributed by atoms with Crippen LogP contribution in [0, 0.1) is 5.82 Å². The van der Waals surface area contributed by atoms with E-state index in [4.69, 9.17) is 34.8 Å². The van der Waals surface area contributed by atoms with Crippen LogP contribution in [0.25, 0.3) is 0 Å². The summed E-state index contributed by atoms with van der Waals surface area (Å²) in [5.74, 6) is -0.338. The highest BCUT2D eigenvalue weighted by molar-refractivity contribution is 6.35. The number of fused-ring (bicyclic) bond motifs is 1. The van der Waals surface area contributed by atoms with Crippen LogP contribution < -0.4 is 5.32 Å². The minimum atomic E-state index is -0.338. The summed E-state index contributed by atoms with van der Waals surface area (Å²) in [6.07, 6.45) is 0.647. The van der Waals surface area contributed by atoms with Gasteiger partial charge in [-0.2, -0.15) is 0 Å². The summed E-state index contributed by atoms with van der Waals surface area (Å²) in [5.41, 5.74) is 2.26. The molecule has 1 heterocycles. The van der Waals surface area contributed by atoms with Crippen molar-refractivity contribution in [2.24, 2.45) is 0 Å². The van der Waals surface area contributed by atoms with E-state index in [2.05, 4.69) is 5.32 Å². The lowest BCUT2D eigenvalue weighted by atomic mass is 10.0. The molecule has 0 amide bonds. The SMILES string of the molecule is Fc1cc(Cl)cc2c1NC(c1ccc(Cl)cc1Cl)C2. The topological polar surface area (TPSA) is 12.0 Å². The first-order valence-electron chi connectivity index (χ1n) is 5.74. The highest BCUT2D eigenvalue weighted by atomic mass is 35.5. The molecule has 1 nitrogen and oxygen atoms in total. The third kappa shape index (κ3) is 2.40. The van der Waals surface area contributed by atoms with Gasteiger partial charge in [0.2, 0.25) is 0 Å². The minimum Gasteiger partial charge on any atom is -0.375 e. The lowest BCUT2D eigenvalue weighted by molar-refractivity contribution is 0.631. The Morgan fingerprint density at radius 1 is 1.05 bits per heavy atom. The molecule has 0 fully saturated rings. The third-order valence-electron chi connectivity index (χ3n) is 3.22. The molecule has 1 unspecified atom stereocenters. The maximum absolute atomic E-state index is 13.8. The van der Waals surface area contributed by atoms with E-state index in [1.54, 1.807) is 18.2 Å². The van der Waals surface area contributed by atoms with Gasteiger partial charge in [-0.15, -0.1) is 0 Å². The Bertz CT molecular complexity index is 657. The van der Waals surface area contributed by atoms with Crippen molar-refractivity contribution in [3.63, 3.8) is 0 Å². The van der Waals surface area contributed by atoms with Crippen molar-refractivity contribution in [2.75, 3.05) is 5.32 Å². The van der Waals surface area contributed by atoms with Crippen LogP contribution >= 0.6 is 34.8 Å².